The van der Waals surface area contributed by atoms with Gasteiger partial charge in [0.1, 0.15) is 18.4 Å². The fraction of sp³-hybridized carbons (Fsp3) is 0.412. The van der Waals surface area contributed by atoms with Gasteiger partial charge in [0.25, 0.3) is 10.0 Å². The molecule has 43 heavy (non-hydrogen) atoms. The number of hydrogen-bond acceptors (Lipinski definition) is 4. The Labute approximate surface area is 255 Å². The lowest BCUT2D eigenvalue weighted by Crippen LogP contribution is -2.54. The normalized spacial score (nSPS) is 14.6. The average Bonchev–Trinajstić information content (AvgIpc) is 2.98. The molecular formula is C34H42FN3O4S. The van der Waals surface area contributed by atoms with Gasteiger partial charge in [0.2, 0.25) is 11.8 Å². The minimum atomic E-state index is -4.16. The summed E-state index contributed by atoms with van der Waals surface area (Å²) in [7, 11) is -4.16. The van der Waals surface area contributed by atoms with E-state index in [1.54, 1.807) is 37.3 Å². The number of hydrogen-bond donors (Lipinski definition) is 1. The molecule has 2 amide bonds. The molecule has 1 fully saturated rings. The Morgan fingerprint density at radius 1 is 0.907 bits per heavy atom. The van der Waals surface area contributed by atoms with E-state index in [0.29, 0.717) is 23.2 Å². The first kappa shape index (κ1) is 32.2. The summed E-state index contributed by atoms with van der Waals surface area (Å²) >= 11 is 0. The number of nitrogens with zero attached hydrogens (tertiary/aromatic N) is 2. The molecule has 0 aliphatic heterocycles. The van der Waals surface area contributed by atoms with Crippen LogP contribution in [-0.4, -0.2) is 43.8 Å². The van der Waals surface area contributed by atoms with E-state index in [1.165, 1.54) is 29.2 Å². The first-order chi connectivity index (χ1) is 20.5. The van der Waals surface area contributed by atoms with Gasteiger partial charge in [-0.05, 0) is 87.1 Å². The predicted octanol–water partition coefficient (Wildman–Crippen LogP) is 6.20. The first-order valence-corrected chi connectivity index (χ1v) is 16.4. The Kier molecular flexibility index (Phi) is 10.6. The molecule has 0 heterocycles. The smallest absolute Gasteiger partial charge is 0.264 e. The van der Waals surface area contributed by atoms with Crippen molar-refractivity contribution in [1.82, 2.24) is 10.2 Å². The van der Waals surface area contributed by atoms with Crippen LogP contribution in [0.4, 0.5) is 10.1 Å². The van der Waals surface area contributed by atoms with Gasteiger partial charge in [0.05, 0.1) is 10.6 Å². The number of rotatable bonds is 11. The molecule has 230 valence electrons. The molecule has 0 aromatic heterocycles. The second-order valence-corrected chi connectivity index (χ2v) is 13.4. The van der Waals surface area contributed by atoms with Gasteiger partial charge >= 0.3 is 0 Å². The van der Waals surface area contributed by atoms with Crippen LogP contribution >= 0.6 is 0 Å². The van der Waals surface area contributed by atoms with E-state index in [2.05, 4.69) is 5.32 Å². The van der Waals surface area contributed by atoms with Crippen LogP contribution in [0.1, 0.15) is 67.7 Å². The van der Waals surface area contributed by atoms with Crippen LogP contribution < -0.4 is 9.62 Å². The molecule has 4 rings (SSSR count). The molecule has 3 aromatic carbocycles. The fourth-order valence-electron chi connectivity index (χ4n) is 5.59. The molecule has 1 aliphatic rings. The van der Waals surface area contributed by atoms with Crippen LogP contribution in [0.2, 0.25) is 0 Å². The SMILES string of the molecule is CCC(C(=O)NC1CCCCC1)N(Cc1ccc(F)cc1)C(=O)CN(c1cc(C)ccc1C)S(=O)(=O)c1ccc(C)cc1. The minimum Gasteiger partial charge on any atom is -0.352 e. The van der Waals surface area contributed by atoms with Crippen molar-refractivity contribution >= 4 is 27.5 Å². The van der Waals surface area contributed by atoms with E-state index in [-0.39, 0.29) is 23.4 Å². The summed E-state index contributed by atoms with van der Waals surface area (Å²) in [4.78, 5) is 29.4. The largest absolute Gasteiger partial charge is 0.352 e. The monoisotopic (exact) mass is 607 g/mol. The number of halogens is 1. The van der Waals surface area contributed by atoms with E-state index in [4.69, 9.17) is 0 Å². The molecule has 0 radical (unpaired) electrons. The third-order valence-electron chi connectivity index (χ3n) is 8.12. The number of nitrogens with one attached hydrogen (secondary N) is 1. The van der Waals surface area contributed by atoms with Gasteiger partial charge < -0.3 is 10.2 Å². The maximum absolute atomic E-state index is 14.3. The van der Waals surface area contributed by atoms with Crippen molar-refractivity contribution in [1.29, 1.82) is 0 Å². The molecular weight excluding hydrogens is 565 g/mol. The zero-order valence-corrected chi connectivity index (χ0v) is 26.3. The van der Waals surface area contributed by atoms with Gasteiger partial charge in [-0.15, -0.1) is 0 Å². The molecule has 3 aromatic rings. The van der Waals surface area contributed by atoms with Crippen molar-refractivity contribution in [2.24, 2.45) is 0 Å². The number of benzene rings is 3. The Hall–Kier alpha value is -3.72. The third kappa shape index (κ3) is 8.02. The molecule has 0 bridgehead atoms. The summed E-state index contributed by atoms with van der Waals surface area (Å²) in [6, 6.07) is 17.0. The molecule has 0 saturated heterocycles. The Balaban J connectivity index is 1.73. The maximum Gasteiger partial charge on any atom is 0.264 e. The molecule has 1 N–H and O–H groups in total. The Bertz CT molecular complexity index is 1520. The van der Waals surface area contributed by atoms with Gasteiger partial charge in [-0.1, -0.05) is 68.1 Å². The number of aryl methyl sites for hydroxylation is 3. The molecule has 7 nitrogen and oxygen atoms in total. The number of sulfonamides is 1. The average molecular weight is 608 g/mol. The highest BCUT2D eigenvalue weighted by molar-refractivity contribution is 7.92. The summed E-state index contributed by atoms with van der Waals surface area (Å²) in [5.74, 6) is -1.19. The summed E-state index contributed by atoms with van der Waals surface area (Å²) < 4.78 is 43.1. The van der Waals surface area contributed by atoms with Crippen molar-refractivity contribution in [3.63, 3.8) is 0 Å². The number of carbonyl (C=O) groups excluding carboxylic acids is 2. The van der Waals surface area contributed by atoms with E-state index < -0.39 is 34.3 Å². The van der Waals surface area contributed by atoms with Crippen molar-refractivity contribution in [3.05, 3.63) is 94.8 Å². The zero-order chi connectivity index (χ0) is 31.1. The summed E-state index contributed by atoms with van der Waals surface area (Å²) in [5, 5.41) is 3.14. The predicted molar refractivity (Wildman–Crippen MR) is 168 cm³/mol. The molecule has 1 unspecified atom stereocenters. The fourth-order valence-corrected chi connectivity index (χ4v) is 7.06. The summed E-state index contributed by atoms with van der Waals surface area (Å²) in [6.07, 6.45) is 5.35. The van der Waals surface area contributed by atoms with E-state index in [0.717, 1.165) is 47.5 Å². The number of carbonyl (C=O) groups is 2. The van der Waals surface area contributed by atoms with Crippen LogP contribution in [0.25, 0.3) is 0 Å². The van der Waals surface area contributed by atoms with Crippen molar-refractivity contribution in [2.75, 3.05) is 10.8 Å². The highest BCUT2D eigenvalue weighted by Gasteiger charge is 2.35. The highest BCUT2D eigenvalue weighted by Crippen LogP contribution is 2.29. The summed E-state index contributed by atoms with van der Waals surface area (Å²) in [5.41, 5.74) is 3.49. The number of amides is 2. The van der Waals surface area contributed by atoms with Crippen LogP contribution in [0.15, 0.2) is 71.6 Å². The van der Waals surface area contributed by atoms with Crippen LogP contribution in [-0.2, 0) is 26.2 Å². The molecule has 1 saturated carbocycles. The van der Waals surface area contributed by atoms with Gasteiger partial charge in [-0.3, -0.25) is 13.9 Å². The van der Waals surface area contributed by atoms with Crippen LogP contribution in [0, 0.1) is 26.6 Å². The van der Waals surface area contributed by atoms with Crippen molar-refractivity contribution in [3.8, 4) is 0 Å². The Morgan fingerprint density at radius 2 is 1.53 bits per heavy atom. The first-order valence-electron chi connectivity index (χ1n) is 15.0. The molecule has 1 aliphatic carbocycles. The highest BCUT2D eigenvalue weighted by atomic mass is 32.2. The minimum absolute atomic E-state index is 0.0287. The third-order valence-corrected chi connectivity index (χ3v) is 9.90. The lowest BCUT2D eigenvalue weighted by atomic mass is 9.95. The van der Waals surface area contributed by atoms with Crippen molar-refractivity contribution < 1.29 is 22.4 Å². The topological polar surface area (TPSA) is 86.8 Å². The van der Waals surface area contributed by atoms with E-state index in [9.17, 15) is 22.4 Å². The van der Waals surface area contributed by atoms with Gasteiger partial charge in [0.15, 0.2) is 0 Å². The standard InChI is InChI=1S/C34H42FN3O4S/c1-5-31(34(40)36-29-9-7-6-8-10-29)37(22-27-15-17-28(35)18-16-27)33(39)23-38(32-21-25(3)11-14-26(32)4)43(41,42)30-19-12-24(2)13-20-30/h11-21,29,31H,5-10,22-23H2,1-4H3,(H,36,40). The van der Waals surface area contributed by atoms with E-state index >= 15 is 0 Å². The van der Waals surface area contributed by atoms with Crippen LogP contribution in [0.5, 0.6) is 0 Å². The Morgan fingerprint density at radius 3 is 2.16 bits per heavy atom. The second-order valence-electron chi connectivity index (χ2n) is 11.5. The lowest BCUT2D eigenvalue weighted by Gasteiger charge is -2.35. The molecule has 9 heteroatoms. The van der Waals surface area contributed by atoms with Gasteiger partial charge in [-0.25, -0.2) is 12.8 Å². The lowest BCUT2D eigenvalue weighted by molar-refractivity contribution is -0.140. The molecule has 1 atom stereocenters. The van der Waals surface area contributed by atoms with E-state index in [1.807, 2.05) is 32.9 Å². The summed E-state index contributed by atoms with van der Waals surface area (Å²) in [6.45, 7) is 6.90. The quantitative estimate of drug-likeness (QED) is 0.281. The molecule has 0 spiro atoms. The zero-order valence-electron chi connectivity index (χ0n) is 25.5. The van der Waals surface area contributed by atoms with Gasteiger partial charge in [0, 0.05) is 12.6 Å². The van der Waals surface area contributed by atoms with Crippen molar-refractivity contribution in [2.45, 2.75) is 89.7 Å². The maximum atomic E-state index is 14.3. The van der Waals surface area contributed by atoms with Crippen LogP contribution in [0.3, 0.4) is 0 Å². The second kappa shape index (κ2) is 14.2. The number of anilines is 1. The van der Waals surface area contributed by atoms with Gasteiger partial charge in [-0.2, -0.15) is 0 Å².